The fourth-order valence-corrected chi connectivity index (χ4v) is 0.985. The number of fused-ring (bicyclic) bond motifs is 1. The van der Waals surface area contributed by atoms with Gasteiger partial charge in [-0.3, -0.25) is 14.9 Å². The van der Waals surface area contributed by atoms with Crippen LogP contribution < -0.4 is 5.32 Å². The molecule has 6 nitrogen and oxygen atoms in total. The Morgan fingerprint density at radius 1 is 1.08 bits per heavy atom. The second kappa shape index (κ2) is 2.44. The van der Waals surface area contributed by atoms with Gasteiger partial charge in [-0.2, -0.15) is 4.99 Å². The molecule has 2 aliphatic heterocycles. The highest BCUT2D eigenvalue weighted by Gasteiger charge is 2.27. The maximum atomic E-state index is 11.1. The lowest BCUT2D eigenvalue weighted by atomic mass is 10.1. The number of carbonyl (C=O) groups excluding carboxylic acids is 3. The van der Waals surface area contributed by atoms with Gasteiger partial charge >= 0.3 is 6.03 Å². The van der Waals surface area contributed by atoms with E-state index in [1.807, 2.05) is 5.32 Å². The largest absolute Gasteiger partial charge is 0.348 e. The van der Waals surface area contributed by atoms with Gasteiger partial charge in [-0.05, 0) is 6.08 Å². The Kier molecular flexibility index (Phi) is 1.42. The quantitative estimate of drug-likeness (QED) is 0.526. The number of hydrogen-bond donors (Lipinski definition) is 1. The first-order valence-electron chi connectivity index (χ1n) is 3.42. The first-order chi connectivity index (χ1) is 6.16. The molecule has 4 amide bonds. The molecule has 0 spiro atoms. The predicted molar refractivity (Wildman–Crippen MR) is 42.6 cm³/mol. The van der Waals surface area contributed by atoms with Crippen LogP contribution in [0.5, 0.6) is 0 Å². The van der Waals surface area contributed by atoms with Crippen molar-refractivity contribution < 1.29 is 14.4 Å². The molecular weight excluding hydrogens is 174 g/mol. The van der Waals surface area contributed by atoms with Crippen LogP contribution in [0.15, 0.2) is 22.1 Å². The average Bonchev–Trinajstić information content (AvgIpc) is 2.06. The molecule has 0 bridgehead atoms. The average molecular weight is 177 g/mol. The summed E-state index contributed by atoms with van der Waals surface area (Å²) in [6.07, 6.45) is 2.44. The summed E-state index contributed by atoms with van der Waals surface area (Å²) in [7, 11) is 0. The van der Waals surface area contributed by atoms with Crippen LogP contribution in [-0.2, 0) is 9.59 Å². The van der Waals surface area contributed by atoms with Crippen molar-refractivity contribution >= 4 is 29.3 Å². The van der Waals surface area contributed by atoms with E-state index in [4.69, 9.17) is 0 Å². The first-order valence-corrected chi connectivity index (χ1v) is 3.42. The van der Waals surface area contributed by atoms with Crippen molar-refractivity contribution in [3.05, 3.63) is 12.2 Å². The molecule has 0 aromatic rings. The standard InChI is InChI=1S/C7H3N3O3/c11-4-2-1-3-5(9-4)6(12)10-7(13)8-3/h1-2H,(H,10,12,13). The summed E-state index contributed by atoms with van der Waals surface area (Å²) in [6.45, 7) is 0. The Labute approximate surface area is 72.1 Å². The molecule has 0 atom stereocenters. The summed E-state index contributed by atoms with van der Waals surface area (Å²) in [5.74, 6) is -1.22. The van der Waals surface area contributed by atoms with Gasteiger partial charge in [0.25, 0.3) is 11.8 Å². The summed E-state index contributed by atoms with van der Waals surface area (Å²) in [4.78, 5) is 39.4. The van der Waals surface area contributed by atoms with Crippen molar-refractivity contribution in [1.29, 1.82) is 0 Å². The number of imide groups is 1. The van der Waals surface area contributed by atoms with E-state index >= 15 is 0 Å². The third-order valence-corrected chi connectivity index (χ3v) is 1.51. The lowest BCUT2D eigenvalue weighted by molar-refractivity contribution is -0.115. The molecule has 64 valence electrons. The van der Waals surface area contributed by atoms with Crippen molar-refractivity contribution in [2.24, 2.45) is 9.98 Å². The third-order valence-electron chi connectivity index (χ3n) is 1.51. The SMILES string of the molecule is O=C1C=CC2=NC(=O)NC(=O)C2=N1. The van der Waals surface area contributed by atoms with Gasteiger partial charge in [0, 0.05) is 6.08 Å². The maximum Gasteiger partial charge on any atom is 0.348 e. The third kappa shape index (κ3) is 1.18. The summed E-state index contributed by atoms with van der Waals surface area (Å²) in [5, 5.41) is 1.92. The minimum Gasteiger partial charge on any atom is -0.271 e. The lowest BCUT2D eigenvalue weighted by Gasteiger charge is -2.12. The number of amides is 4. The molecule has 0 aliphatic carbocycles. The molecule has 13 heavy (non-hydrogen) atoms. The molecule has 0 saturated heterocycles. The lowest BCUT2D eigenvalue weighted by Crippen LogP contribution is -2.44. The monoisotopic (exact) mass is 177 g/mol. The highest BCUT2D eigenvalue weighted by Crippen LogP contribution is 2.02. The fourth-order valence-electron chi connectivity index (χ4n) is 0.985. The Morgan fingerprint density at radius 2 is 1.85 bits per heavy atom. The highest BCUT2D eigenvalue weighted by atomic mass is 16.2. The van der Waals surface area contributed by atoms with Gasteiger partial charge in [0.05, 0.1) is 0 Å². The van der Waals surface area contributed by atoms with Gasteiger partial charge in [-0.1, -0.05) is 0 Å². The molecule has 0 aromatic carbocycles. The number of hydrogen-bond acceptors (Lipinski definition) is 3. The van der Waals surface area contributed by atoms with Gasteiger partial charge in [0.1, 0.15) is 5.71 Å². The molecule has 2 heterocycles. The Bertz CT molecular complexity index is 417. The van der Waals surface area contributed by atoms with Crippen LogP contribution in [0.1, 0.15) is 0 Å². The van der Waals surface area contributed by atoms with Gasteiger partial charge in [-0.25, -0.2) is 9.79 Å². The van der Waals surface area contributed by atoms with Gasteiger partial charge in [0.15, 0.2) is 5.71 Å². The maximum absolute atomic E-state index is 11.1. The van der Waals surface area contributed by atoms with E-state index in [2.05, 4.69) is 9.98 Å². The molecule has 2 aliphatic rings. The van der Waals surface area contributed by atoms with Crippen LogP contribution in [0, 0.1) is 0 Å². The zero-order valence-corrected chi connectivity index (χ0v) is 6.27. The van der Waals surface area contributed by atoms with E-state index in [1.165, 1.54) is 6.08 Å². The smallest absolute Gasteiger partial charge is 0.271 e. The second-order valence-electron chi connectivity index (χ2n) is 2.39. The number of rotatable bonds is 0. The minimum absolute atomic E-state index is 0.105. The van der Waals surface area contributed by atoms with E-state index in [0.29, 0.717) is 0 Å². The van der Waals surface area contributed by atoms with Crippen molar-refractivity contribution in [3.8, 4) is 0 Å². The van der Waals surface area contributed by atoms with E-state index in [1.54, 1.807) is 0 Å². The topological polar surface area (TPSA) is 88.0 Å². The number of nitrogens with one attached hydrogen (secondary N) is 1. The Balaban J connectivity index is 2.53. The number of urea groups is 1. The molecule has 0 fully saturated rings. The Morgan fingerprint density at radius 3 is 2.62 bits per heavy atom. The molecule has 2 rings (SSSR count). The van der Waals surface area contributed by atoms with E-state index in [0.717, 1.165) is 6.08 Å². The number of aliphatic imine (C=N–C) groups is 2. The minimum atomic E-state index is -0.738. The van der Waals surface area contributed by atoms with Crippen molar-refractivity contribution in [3.63, 3.8) is 0 Å². The Hall–Kier alpha value is -2.11. The summed E-state index contributed by atoms with van der Waals surface area (Å²) in [6, 6.07) is -0.738. The van der Waals surface area contributed by atoms with Crippen LogP contribution >= 0.6 is 0 Å². The van der Waals surface area contributed by atoms with Crippen molar-refractivity contribution in [2.75, 3.05) is 0 Å². The zero-order chi connectivity index (χ0) is 9.42. The number of allylic oxidation sites excluding steroid dienone is 1. The molecule has 0 aromatic heterocycles. The highest BCUT2D eigenvalue weighted by molar-refractivity contribution is 6.73. The molecule has 6 heteroatoms. The van der Waals surface area contributed by atoms with Crippen molar-refractivity contribution in [1.82, 2.24) is 5.32 Å². The number of nitrogens with zero attached hydrogens (tertiary/aromatic N) is 2. The van der Waals surface area contributed by atoms with Crippen LogP contribution in [-0.4, -0.2) is 29.3 Å². The number of carbonyl (C=O) groups is 3. The normalized spacial score (nSPS) is 20.5. The first kappa shape index (κ1) is 7.53. The zero-order valence-electron chi connectivity index (χ0n) is 6.27. The molecular formula is C7H3N3O3. The van der Waals surface area contributed by atoms with Crippen molar-refractivity contribution in [2.45, 2.75) is 0 Å². The van der Waals surface area contributed by atoms with Gasteiger partial charge in [-0.15, -0.1) is 0 Å². The summed E-state index contributed by atoms with van der Waals surface area (Å²) >= 11 is 0. The molecule has 0 saturated carbocycles. The van der Waals surface area contributed by atoms with Crippen LogP contribution in [0.4, 0.5) is 4.79 Å². The van der Waals surface area contributed by atoms with E-state index in [-0.39, 0.29) is 11.4 Å². The van der Waals surface area contributed by atoms with Crippen LogP contribution in [0.3, 0.4) is 0 Å². The fraction of sp³-hybridized carbons (Fsp3) is 0. The molecule has 1 N–H and O–H groups in total. The van der Waals surface area contributed by atoms with Crippen LogP contribution in [0.2, 0.25) is 0 Å². The second-order valence-corrected chi connectivity index (χ2v) is 2.39. The molecule has 0 radical (unpaired) electrons. The van der Waals surface area contributed by atoms with E-state index in [9.17, 15) is 14.4 Å². The van der Waals surface area contributed by atoms with E-state index < -0.39 is 17.8 Å². The summed E-state index contributed by atoms with van der Waals surface area (Å²) in [5.41, 5.74) is 0.0282. The number of dihydropyridines is 1. The predicted octanol–water partition coefficient (Wildman–Crippen LogP) is -0.785. The van der Waals surface area contributed by atoms with Gasteiger partial charge < -0.3 is 0 Å². The van der Waals surface area contributed by atoms with Gasteiger partial charge in [0.2, 0.25) is 0 Å². The molecule has 0 unspecified atom stereocenters. The summed E-state index contributed by atoms with van der Waals surface area (Å²) < 4.78 is 0. The van der Waals surface area contributed by atoms with Crippen LogP contribution in [0.25, 0.3) is 0 Å².